The van der Waals surface area contributed by atoms with Gasteiger partial charge in [-0.2, -0.15) is 0 Å². The first-order chi connectivity index (χ1) is 9.28. The molecule has 0 aliphatic carbocycles. The topological polar surface area (TPSA) is 26.3 Å². The Labute approximate surface area is 116 Å². The molecule has 19 heavy (non-hydrogen) atoms. The second kappa shape index (κ2) is 4.94. The van der Waals surface area contributed by atoms with Crippen LogP contribution in [0.5, 0.6) is 5.75 Å². The number of carbonyl (C=O) groups is 1. The maximum absolute atomic E-state index is 12.1. The standard InChI is InChI=1S/C16H12O2S/c1-19-12-8-6-11(7-9-12)10-15-16(17)13-4-2-3-5-14(13)18-15/h2-10H,1H3. The predicted octanol–water partition coefficient (Wildman–Crippen LogP) is 4.02. The zero-order valence-corrected chi connectivity index (χ0v) is 11.2. The summed E-state index contributed by atoms with van der Waals surface area (Å²) in [5, 5.41) is 0. The first-order valence-corrected chi connectivity index (χ1v) is 7.18. The van der Waals surface area contributed by atoms with Crippen LogP contribution in [0, 0.1) is 0 Å². The van der Waals surface area contributed by atoms with E-state index in [2.05, 4.69) is 0 Å². The van der Waals surface area contributed by atoms with Gasteiger partial charge in [0, 0.05) is 4.90 Å². The van der Waals surface area contributed by atoms with E-state index in [0.717, 1.165) is 5.56 Å². The van der Waals surface area contributed by atoms with Crippen molar-refractivity contribution in [1.29, 1.82) is 0 Å². The summed E-state index contributed by atoms with van der Waals surface area (Å²) in [6.07, 6.45) is 3.82. The van der Waals surface area contributed by atoms with Crippen LogP contribution in [0.25, 0.3) is 6.08 Å². The highest BCUT2D eigenvalue weighted by Crippen LogP contribution is 2.31. The quantitative estimate of drug-likeness (QED) is 0.607. The Kier molecular flexibility index (Phi) is 3.13. The van der Waals surface area contributed by atoms with E-state index < -0.39 is 0 Å². The fraction of sp³-hybridized carbons (Fsp3) is 0.0625. The van der Waals surface area contributed by atoms with E-state index in [1.165, 1.54) is 4.90 Å². The lowest BCUT2D eigenvalue weighted by Gasteiger charge is -1.99. The summed E-state index contributed by atoms with van der Waals surface area (Å²) in [7, 11) is 0. The Morgan fingerprint density at radius 1 is 1.05 bits per heavy atom. The van der Waals surface area contributed by atoms with Gasteiger partial charge in [-0.3, -0.25) is 4.79 Å². The van der Waals surface area contributed by atoms with E-state index in [-0.39, 0.29) is 5.78 Å². The van der Waals surface area contributed by atoms with Gasteiger partial charge in [-0.05, 0) is 42.2 Å². The minimum atomic E-state index is -0.0513. The average molecular weight is 268 g/mol. The minimum Gasteiger partial charge on any atom is -0.452 e. The normalized spacial score (nSPS) is 15.4. The van der Waals surface area contributed by atoms with Crippen LogP contribution >= 0.6 is 11.8 Å². The molecule has 0 aromatic heterocycles. The molecule has 1 aliphatic heterocycles. The van der Waals surface area contributed by atoms with Crippen LogP contribution in [0.4, 0.5) is 0 Å². The van der Waals surface area contributed by atoms with Crippen LogP contribution in [-0.4, -0.2) is 12.0 Å². The van der Waals surface area contributed by atoms with E-state index in [1.807, 2.05) is 48.7 Å². The zero-order chi connectivity index (χ0) is 13.2. The number of rotatable bonds is 2. The number of carbonyl (C=O) groups excluding carboxylic acids is 1. The number of allylic oxidation sites excluding steroid dienone is 1. The molecule has 0 fully saturated rings. The summed E-state index contributed by atoms with van der Waals surface area (Å²) in [5.74, 6) is 0.974. The lowest BCUT2D eigenvalue weighted by Crippen LogP contribution is -1.97. The van der Waals surface area contributed by atoms with Crippen molar-refractivity contribution < 1.29 is 9.53 Å². The SMILES string of the molecule is CSc1ccc(C=C2Oc3ccccc3C2=O)cc1. The smallest absolute Gasteiger partial charge is 0.231 e. The molecule has 0 N–H and O–H groups in total. The van der Waals surface area contributed by atoms with Gasteiger partial charge in [-0.25, -0.2) is 0 Å². The van der Waals surface area contributed by atoms with Crippen molar-refractivity contribution in [2.24, 2.45) is 0 Å². The Bertz CT molecular complexity index is 657. The molecule has 0 amide bonds. The van der Waals surface area contributed by atoms with E-state index in [1.54, 1.807) is 23.9 Å². The number of Topliss-reactive ketones (excluding diaryl/α,β-unsaturated/α-hetero) is 1. The summed E-state index contributed by atoms with van der Waals surface area (Å²) < 4.78 is 5.59. The van der Waals surface area contributed by atoms with Crippen molar-refractivity contribution in [2.45, 2.75) is 4.90 Å². The third-order valence-electron chi connectivity index (χ3n) is 2.99. The first kappa shape index (κ1) is 12.1. The van der Waals surface area contributed by atoms with Crippen LogP contribution in [0.2, 0.25) is 0 Å². The summed E-state index contributed by atoms with van der Waals surface area (Å²) >= 11 is 1.69. The van der Waals surface area contributed by atoms with Crippen molar-refractivity contribution in [2.75, 3.05) is 6.26 Å². The molecule has 94 valence electrons. The number of para-hydroxylation sites is 1. The number of benzene rings is 2. The Hall–Kier alpha value is -2.00. The summed E-state index contributed by atoms with van der Waals surface area (Å²) in [4.78, 5) is 13.3. The average Bonchev–Trinajstić information content (AvgIpc) is 2.77. The zero-order valence-electron chi connectivity index (χ0n) is 10.4. The van der Waals surface area contributed by atoms with Crippen LogP contribution in [0.15, 0.2) is 59.2 Å². The minimum absolute atomic E-state index is 0.0513. The van der Waals surface area contributed by atoms with Gasteiger partial charge in [0.1, 0.15) is 5.75 Å². The van der Waals surface area contributed by atoms with E-state index in [0.29, 0.717) is 17.1 Å². The lowest BCUT2D eigenvalue weighted by molar-refractivity contribution is 0.101. The molecule has 0 saturated heterocycles. The molecule has 1 heterocycles. The van der Waals surface area contributed by atoms with Crippen molar-refractivity contribution >= 4 is 23.6 Å². The summed E-state index contributed by atoms with van der Waals surface area (Å²) in [6.45, 7) is 0. The van der Waals surface area contributed by atoms with Gasteiger partial charge in [-0.15, -0.1) is 11.8 Å². The maximum Gasteiger partial charge on any atom is 0.231 e. The Balaban J connectivity index is 1.92. The van der Waals surface area contributed by atoms with Crippen molar-refractivity contribution in [1.82, 2.24) is 0 Å². The lowest BCUT2D eigenvalue weighted by atomic mass is 10.1. The number of fused-ring (bicyclic) bond motifs is 1. The van der Waals surface area contributed by atoms with E-state index in [9.17, 15) is 4.79 Å². The van der Waals surface area contributed by atoms with Gasteiger partial charge in [0.25, 0.3) is 0 Å². The van der Waals surface area contributed by atoms with Gasteiger partial charge in [0.2, 0.25) is 5.78 Å². The van der Waals surface area contributed by atoms with E-state index >= 15 is 0 Å². The summed E-state index contributed by atoms with van der Waals surface area (Å²) in [5.41, 5.74) is 1.60. The number of thioether (sulfide) groups is 1. The number of hydrogen-bond acceptors (Lipinski definition) is 3. The number of ether oxygens (including phenoxy) is 1. The molecule has 0 atom stereocenters. The molecule has 1 aliphatic rings. The molecule has 3 rings (SSSR count). The van der Waals surface area contributed by atoms with Crippen LogP contribution in [0.3, 0.4) is 0 Å². The second-order valence-corrected chi connectivity index (χ2v) is 5.09. The molecule has 2 aromatic rings. The van der Waals surface area contributed by atoms with Crippen LogP contribution in [0.1, 0.15) is 15.9 Å². The van der Waals surface area contributed by atoms with Crippen LogP contribution < -0.4 is 4.74 Å². The first-order valence-electron chi connectivity index (χ1n) is 5.95. The van der Waals surface area contributed by atoms with E-state index in [4.69, 9.17) is 4.74 Å². The third-order valence-corrected chi connectivity index (χ3v) is 3.73. The third kappa shape index (κ3) is 2.29. The number of hydrogen-bond donors (Lipinski definition) is 0. The van der Waals surface area contributed by atoms with Crippen molar-refractivity contribution in [3.05, 3.63) is 65.4 Å². The maximum atomic E-state index is 12.1. The molecular formula is C16H12O2S. The monoisotopic (exact) mass is 268 g/mol. The molecule has 0 bridgehead atoms. The van der Waals surface area contributed by atoms with Crippen molar-refractivity contribution in [3.8, 4) is 5.75 Å². The van der Waals surface area contributed by atoms with Crippen LogP contribution in [-0.2, 0) is 0 Å². The molecule has 3 heteroatoms. The van der Waals surface area contributed by atoms with Crippen molar-refractivity contribution in [3.63, 3.8) is 0 Å². The summed E-state index contributed by atoms with van der Waals surface area (Å²) in [6, 6.07) is 15.3. The Morgan fingerprint density at radius 3 is 2.47 bits per heavy atom. The molecule has 2 nitrogen and oxygen atoms in total. The van der Waals surface area contributed by atoms with Gasteiger partial charge >= 0.3 is 0 Å². The molecule has 0 spiro atoms. The molecule has 0 unspecified atom stereocenters. The largest absolute Gasteiger partial charge is 0.452 e. The fourth-order valence-electron chi connectivity index (χ4n) is 1.99. The van der Waals surface area contributed by atoms with Gasteiger partial charge in [0.15, 0.2) is 5.76 Å². The van der Waals surface area contributed by atoms with Gasteiger partial charge in [-0.1, -0.05) is 24.3 Å². The molecule has 2 aromatic carbocycles. The highest BCUT2D eigenvalue weighted by molar-refractivity contribution is 7.98. The molecular weight excluding hydrogens is 256 g/mol. The highest BCUT2D eigenvalue weighted by Gasteiger charge is 2.26. The molecule has 0 radical (unpaired) electrons. The van der Waals surface area contributed by atoms with Gasteiger partial charge in [0.05, 0.1) is 5.56 Å². The highest BCUT2D eigenvalue weighted by atomic mass is 32.2. The second-order valence-electron chi connectivity index (χ2n) is 4.21. The molecule has 0 saturated carbocycles. The fourth-order valence-corrected chi connectivity index (χ4v) is 2.40. The number of ketones is 1. The Morgan fingerprint density at radius 2 is 1.79 bits per heavy atom. The van der Waals surface area contributed by atoms with Gasteiger partial charge < -0.3 is 4.74 Å². The predicted molar refractivity (Wildman–Crippen MR) is 77.6 cm³/mol.